The van der Waals surface area contributed by atoms with Gasteiger partial charge in [0.15, 0.2) is 0 Å². The summed E-state index contributed by atoms with van der Waals surface area (Å²) in [5, 5.41) is 1.00. The molecule has 2 aromatic heterocycles. The van der Waals surface area contributed by atoms with Gasteiger partial charge >= 0.3 is 6.09 Å². The van der Waals surface area contributed by atoms with Gasteiger partial charge in [-0.2, -0.15) is 0 Å². The van der Waals surface area contributed by atoms with E-state index in [0.717, 1.165) is 69.8 Å². The number of amides is 2. The fourth-order valence-corrected chi connectivity index (χ4v) is 7.54. The largest absolute Gasteiger partial charge is 0.494 e. The minimum Gasteiger partial charge on any atom is -0.494 e. The number of hydrogen-bond donors (Lipinski definition) is 0. The Bertz CT molecular complexity index is 2030. The molecule has 7 rings (SSSR count). The Balaban J connectivity index is 1.28. The second kappa shape index (κ2) is 14.3. The number of anilines is 1. The number of pyridine rings is 1. The molecule has 0 spiro atoms. The fraction of sp³-hybridized carbons (Fsp3) is 0.452. The maximum atomic E-state index is 14.4. The molecule has 52 heavy (non-hydrogen) atoms. The van der Waals surface area contributed by atoms with Gasteiger partial charge in [-0.3, -0.25) is 9.78 Å². The van der Waals surface area contributed by atoms with E-state index in [0.29, 0.717) is 56.5 Å². The van der Waals surface area contributed by atoms with Crippen molar-refractivity contribution < 1.29 is 23.5 Å². The van der Waals surface area contributed by atoms with Crippen LogP contribution in [0.2, 0.25) is 0 Å². The number of nitrogens with zero attached hydrogens (tertiary/aromatic N) is 5. The van der Waals surface area contributed by atoms with Crippen LogP contribution in [-0.2, 0) is 17.7 Å². The molecule has 0 radical (unpaired) electrons. The molecule has 2 fully saturated rings. The molecule has 4 aromatic rings. The van der Waals surface area contributed by atoms with Gasteiger partial charge in [-0.05, 0) is 101 Å². The first-order chi connectivity index (χ1) is 24.9. The Morgan fingerprint density at radius 1 is 0.942 bits per heavy atom. The lowest BCUT2D eigenvalue weighted by molar-refractivity contribution is 0.0272. The molecule has 1 saturated heterocycles. The Morgan fingerprint density at radius 3 is 2.40 bits per heavy atom. The lowest BCUT2D eigenvalue weighted by Gasteiger charge is -2.36. The standard InChI is InChI=1S/C42H50FN5O4/c1-7-35-33(14-10-27(2)44-35)34-22-31(40(49)46-19-17-45(18-20-46)36-15-13-32(43)24-38(36)51-6)21-30-23-37(48(39(30)34)25-28-11-12-28)29-9-8-16-47(26-29)41(50)52-42(3,4)5/h9-10,13-15,21-24,28H,7-8,11-12,16-20,25-26H2,1-6H3. The summed E-state index contributed by atoms with van der Waals surface area (Å²) in [6, 6.07) is 15.1. The SMILES string of the molecule is CCc1nc(C)ccc1-c1cc(C(=O)N2CCN(c3ccc(F)cc3OC)CC2)cc2cc(C3=CCCN(C(=O)OC(C)(C)C)C3)n(CC3CC3)c12. The van der Waals surface area contributed by atoms with Crippen molar-refractivity contribution in [3.63, 3.8) is 0 Å². The van der Waals surface area contributed by atoms with Crippen molar-refractivity contribution >= 4 is 34.2 Å². The van der Waals surface area contributed by atoms with Gasteiger partial charge < -0.3 is 28.7 Å². The summed E-state index contributed by atoms with van der Waals surface area (Å²) in [5.74, 6) is 0.718. The van der Waals surface area contributed by atoms with Gasteiger partial charge in [0.2, 0.25) is 0 Å². The van der Waals surface area contributed by atoms with Crippen molar-refractivity contribution in [2.75, 3.05) is 51.3 Å². The number of carbonyl (C=O) groups excluding carboxylic acids is 2. The van der Waals surface area contributed by atoms with Crippen molar-refractivity contribution in [2.45, 2.75) is 72.4 Å². The monoisotopic (exact) mass is 707 g/mol. The second-order valence-electron chi connectivity index (χ2n) is 15.4. The number of halogens is 1. The Morgan fingerprint density at radius 2 is 1.71 bits per heavy atom. The van der Waals surface area contributed by atoms with E-state index in [4.69, 9.17) is 14.5 Å². The highest BCUT2D eigenvalue weighted by atomic mass is 19.1. The molecule has 274 valence electrons. The number of aromatic nitrogens is 2. The van der Waals surface area contributed by atoms with E-state index >= 15 is 0 Å². The number of hydrogen-bond acceptors (Lipinski definition) is 6. The summed E-state index contributed by atoms with van der Waals surface area (Å²) in [7, 11) is 1.55. The van der Waals surface area contributed by atoms with E-state index in [2.05, 4.69) is 46.7 Å². The topological polar surface area (TPSA) is 80.1 Å². The van der Waals surface area contributed by atoms with Crippen LogP contribution in [0.15, 0.2) is 54.6 Å². The van der Waals surface area contributed by atoms with Crippen LogP contribution in [0.25, 0.3) is 27.6 Å². The van der Waals surface area contributed by atoms with E-state index in [1.807, 2.05) is 38.7 Å². The first-order valence-corrected chi connectivity index (χ1v) is 18.6. The number of methoxy groups -OCH3 is 1. The molecule has 2 amide bonds. The lowest BCUT2D eigenvalue weighted by atomic mass is 9.96. The van der Waals surface area contributed by atoms with Crippen LogP contribution in [0.3, 0.4) is 0 Å². The summed E-state index contributed by atoms with van der Waals surface area (Å²) in [6.07, 6.45) is 5.84. The number of aryl methyl sites for hydroxylation is 2. The average molecular weight is 708 g/mol. The summed E-state index contributed by atoms with van der Waals surface area (Å²) < 4.78 is 27.6. The first kappa shape index (κ1) is 35.5. The molecule has 3 aliphatic rings. The van der Waals surface area contributed by atoms with Crippen molar-refractivity contribution in [3.05, 3.63) is 83.1 Å². The Labute approximate surface area is 306 Å². The predicted octanol–water partition coefficient (Wildman–Crippen LogP) is 8.12. The number of ether oxygens (including phenoxy) is 2. The molecule has 10 heteroatoms. The maximum Gasteiger partial charge on any atom is 0.410 e. The van der Waals surface area contributed by atoms with Gasteiger partial charge in [0.05, 0.1) is 24.9 Å². The third-order valence-electron chi connectivity index (χ3n) is 10.3. The number of fused-ring (bicyclic) bond motifs is 1. The number of benzene rings is 2. The molecule has 1 aliphatic carbocycles. The summed E-state index contributed by atoms with van der Waals surface area (Å²) in [5.41, 5.74) is 8.18. The molecule has 1 saturated carbocycles. The number of piperazine rings is 1. The Hall–Kier alpha value is -4.86. The molecular formula is C42H50FN5O4. The quantitative estimate of drug-likeness (QED) is 0.184. The molecule has 2 aromatic carbocycles. The van der Waals surface area contributed by atoms with E-state index < -0.39 is 5.60 Å². The zero-order chi connectivity index (χ0) is 36.7. The molecule has 2 aliphatic heterocycles. The first-order valence-electron chi connectivity index (χ1n) is 18.6. The third-order valence-corrected chi connectivity index (χ3v) is 10.3. The lowest BCUT2D eigenvalue weighted by Crippen LogP contribution is -2.48. The van der Waals surface area contributed by atoms with Gasteiger partial charge in [-0.25, -0.2) is 9.18 Å². The van der Waals surface area contributed by atoms with Crippen LogP contribution in [0, 0.1) is 18.7 Å². The van der Waals surface area contributed by atoms with Crippen molar-refractivity contribution in [3.8, 4) is 16.9 Å². The van der Waals surface area contributed by atoms with Gasteiger partial charge in [0.1, 0.15) is 17.2 Å². The molecule has 0 unspecified atom stereocenters. The van der Waals surface area contributed by atoms with Crippen LogP contribution in [-0.4, -0.2) is 83.3 Å². The normalized spacial score (nSPS) is 16.7. The average Bonchev–Trinajstić information content (AvgIpc) is 3.88. The van der Waals surface area contributed by atoms with Crippen LogP contribution in [0.5, 0.6) is 5.75 Å². The third kappa shape index (κ3) is 7.38. The number of carbonyl (C=O) groups is 2. The van der Waals surface area contributed by atoms with Crippen LogP contribution >= 0.6 is 0 Å². The molecule has 0 N–H and O–H groups in total. The van der Waals surface area contributed by atoms with E-state index in [-0.39, 0.29) is 17.8 Å². The smallest absolute Gasteiger partial charge is 0.410 e. The van der Waals surface area contributed by atoms with Gasteiger partial charge in [0, 0.05) is 84.5 Å². The van der Waals surface area contributed by atoms with Gasteiger partial charge in [-0.15, -0.1) is 0 Å². The zero-order valence-electron chi connectivity index (χ0n) is 31.3. The van der Waals surface area contributed by atoms with Crippen molar-refractivity contribution in [1.29, 1.82) is 0 Å². The minimum atomic E-state index is -0.573. The summed E-state index contributed by atoms with van der Waals surface area (Å²) in [6.45, 7) is 14.0. The highest BCUT2D eigenvalue weighted by molar-refractivity contribution is 6.05. The molecule has 0 atom stereocenters. The van der Waals surface area contributed by atoms with E-state index in [9.17, 15) is 14.0 Å². The number of rotatable bonds is 8. The highest BCUT2D eigenvalue weighted by Gasteiger charge is 2.31. The summed E-state index contributed by atoms with van der Waals surface area (Å²) in [4.78, 5) is 38.4. The molecule has 9 nitrogen and oxygen atoms in total. The second-order valence-corrected chi connectivity index (χ2v) is 15.4. The molecule has 0 bridgehead atoms. The van der Waals surface area contributed by atoms with Gasteiger partial charge in [-0.1, -0.05) is 19.1 Å². The molecular weight excluding hydrogens is 657 g/mol. The van der Waals surface area contributed by atoms with E-state index in [1.165, 1.54) is 25.0 Å². The molecule has 4 heterocycles. The van der Waals surface area contributed by atoms with Gasteiger partial charge in [0.25, 0.3) is 5.91 Å². The van der Waals surface area contributed by atoms with E-state index in [1.54, 1.807) is 18.1 Å². The highest BCUT2D eigenvalue weighted by Crippen LogP contribution is 2.41. The fourth-order valence-electron chi connectivity index (χ4n) is 7.54. The van der Waals surface area contributed by atoms with Crippen molar-refractivity contribution in [1.82, 2.24) is 19.4 Å². The van der Waals surface area contributed by atoms with Crippen LogP contribution < -0.4 is 9.64 Å². The minimum absolute atomic E-state index is 0.0172. The van der Waals surface area contributed by atoms with Crippen LogP contribution in [0.4, 0.5) is 14.9 Å². The maximum absolute atomic E-state index is 14.4. The Kier molecular flexibility index (Phi) is 9.76. The predicted molar refractivity (Wildman–Crippen MR) is 203 cm³/mol. The summed E-state index contributed by atoms with van der Waals surface area (Å²) >= 11 is 0. The zero-order valence-corrected chi connectivity index (χ0v) is 31.3. The van der Waals surface area contributed by atoms with Crippen LogP contribution in [0.1, 0.15) is 74.4 Å². The van der Waals surface area contributed by atoms with Crippen molar-refractivity contribution in [2.24, 2.45) is 5.92 Å².